The predicted molar refractivity (Wildman–Crippen MR) is 90.8 cm³/mol. The van der Waals surface area contributed by atoms with E-state index in [1.54, 1.807) is 11.8 Å². The zero-order valence-corrected chi connectivity index (χ0v) is 14.2. The Morgan fingerprint density at radius 3 is 2.25 bits per heavy atom. The average Bonchev–Trinajstić information content (AvgIpc) is 2.46. The van der Waals surface area contributed by atoms with E-state index in [-0.39, 0.29) is 0 Å². The number of hydrogen-bond donors (Lipinski definition) is 1. The monoisotopic (exact) mass is 292 g/mol. The first-order chi connectivity index (χ1) is 9.52. The summed E-state index contributed by atoms with van der Waals surface area (Å²) in [6.45, 7) is 11.5. The van der Waals surface area contributed by atoms with Crippen LogP contribution in [0, 0.1) is 11.8 Å². The fraction of sp³-hybridized carbons (Fsp3) is 0.647. The van der Waals surface area contributed by atoms with Gasteiger partial charge in [-0.1, -0.05) is 27.7 Å². The predicted octanol–water partition coefficient (Wildman–Crippen LogP) is 3.87. The molecule has 0 radical (unpaired) electrons. The highest BCUT2D eigenvalue weighted by atomic mass is 32.2. The number of hydrogen-bond acceptors (Lipinski definition) is 3. The average molecular weight is 292 g/mol. The number of nitrogens with zero attached hydrogens (tertiary/aromatic N) is 1. The summed E-state index contributed by atoms with van der Waals surface area (Å²) in [5, 5.41) is 3.73. The molecule has 20 heavy (non-hydrogen) atoms. The standard InChI is InChI=1S/C17H28N2S/c1-12(2)16-11-19(17(10-18-16)13(3)4)14-6-8-15(20-5)9-7-14/h6-9,12-13,16-18H,10-11H2,1-5H3. The minimum atomic E-state index is 0.588. The van der Waals surface area contributed by atoms with Gasteiger partial charge in [0.15, 0.2) is 0 Å². The number of piperazine rings is 1. The van der Waals surface area contributed by atoms with Crippen molar-refractivity contribution in [2.75, 3.05) is 24.2 Å². The van der Waals surface area contributed by atoms with Crippen molar-refractivity contribution in [3.05, 3.63) is 24.3 Å². The molecule has 112 valence electrons. The summed E-state index contributed by atoms with van der Waals surface area (Å²) >= 11 is 1.81. The molecule has 2 rings (SSSR count). The lowest BCUT2D eigenvalue weighted by Crippen LogP contribution is -2.60. The van der Waals surface area contributed by atoms with Gasteiger partial charge >= 0.3 is 0 Å². The number of nitrogens with one attached hydrogen (secondary N) is 1. The van der Waals surface area contributed by atoms with E-state index in [0.29, 0.717) is 23.9 Å². The fourth-order valence-electron chi connectivity index (χ4n) is 2.91. The molecule has 1 saturated heterocycles. The van der Waals surface area contributed by atoms with E-state index in [2.05, 4.69) is 68.4 Å². The molecule has 2 unspecified atom stereocenters. The molecule has 0 bridgehead atoms. The molecule has 1 aromatic carbocycles. The first-order valence-electron chi connectivity index (χ1n) is 7.67. The summed E-state index contributed by atoms with van der Waals surface area (Å²) < 4.78 is 0. The molecule has 3 heteroatoms. The molecular weight excluding hydrogens is 264 g/mol. The van der Waals surface area contributed by atoms with Crippen LogP contribution >= 0.6 is 11.8 Å². The van der Waals surface area contributed by atoms with Crippen LogP contribution in [-0.2, 0) is 0 Å². The zero-order valence-electron chi connectivity index (χ0n) is 13.4. The summed E-state index contributed by atoms with van der Waals surface area (Å²) in [6, 6.07) is 10.2. The third-order valence-electron chi connectivity index (χ3n) is 4.36. The van der Waals surface area contributed by atoms with Crippen LogP contribution in [0.3, 0.4) is 0 Å². The molecule has 1 heterocycles. The highest BCUT2D eigenvalue weighted by molar-refractivity contribution is 7.98. The summed E-state index contributed by atoms with van der Waals surface area (Å²) in [5.74, 6) is 1.34. The molecule has 1 fully saturated rings. The van der Waals surface area contributed by atoms with Crippen LogP contribution < -0.4 is 10.2 Å². The van der Waals surface area contributed by atoms with Gasteiger partial charge in [0, 0.05) is 35.8 Å². The van der Waals surface area contributed by atoms with Crippen molar-refractivity contribution in [3.8, 4) is 0 Å². The zero-order chi connectivity index (χ0) is 14.7. The van der Waals surface area contributed by atoms with E-state index >= 15 is 0 Å². The smallest absolute Gasteiger partial charge is 0.0438 e. The second-order valence-corrected chi connectivity index (χ2v) is 7.30. The highest BCUT2D eigenvalue weighted by Crippen LogP contribution is 2.27. The van der Waals surface area contributed by atoms with Crippen molar-refractivity contribution in [1.29, 1.82) is 0 Å². The molecular formula is C17H28N2S. The van der Waals surface area contributed by atoms with Crippen molar-refractivity contribution in [3.63, 3.8) is 0 Å². The SMILES string of the molecule is CSc1ccc(N2CC(C(C)C)NCC2C(C)C)cc1. The molecule has 0 saturated carbocycles. The minimum Gasteiger partial charge on any atom is -0.365 e. The van der Waals surface area contributed by atoms with Gasteiger partial charge in [0.05, 0.1) is 0 Å². The van der Waals surface area contributed by atoms with Crippen LogP contribution in [-0.4, -0.2) is 31.4 Å². The highest BCUT2D eigenvalue weighted by Gasteiger charge is 2.31. The van der Waals surface area contributed by atoms with Crippen molar-refractivity contribution in [2.24, 2.45) is 11.8 Å². The molecule has 0 spiro atoms. The van der Waals surface area contributed by atoms with Crippen LogP contribution in [0.4, 0.5) is 5.69 Å². The third kappa shape index (κ3) is 3.50. The number of rotatable bonds is 4. The van der Waals surface area contributed by atoms with Crippen LogP contribution in [0.25, 0.3) is 0 Å². The van der Waals surface area contributed by atoms with Gasteiger partial charge in [-0.15, -0.1) is 11.8 Å². The molecule has 2 atom stereocenters. The van der Waals surface area contributed by atoms with Crippen LogP contribution in [0.2, 0.25) is 0 Å². The Morgan fingerprint density at radius 2 is 1.75 bits per heavy atom. The van der Waals surface area contributed by atoms with Gasteiger partial charge in [0.1, 0.15) is 0 Å². The van der Waals surface area contributed by atoms with Crippen molar-refractivity contribution < 1.29 is 0 Å². The molecule has 0 aromatic heterocycles. The topological polar surface area (TPSA) is 15.3 Å². The van der Waals surface area contributed by atoms with Gasteiger partial charge in [-0.05, 0) is 42.4 Å². The number of benzene rings is 1. The first-order valence-corrected chi connectivity index (χ1v) is 8.89. The molecule has 1 aromatic rings. The normalized spacial score (nSPS) is 23.6. The van der Waals surface area contributed by atoms with E-state index in [4.69, 9.17) is 0 Å². The van der Waals surface area contributed by atoms with Crippen LogP contribution in [0.1, 0.15) is 27.7 Å². The molecule has 1 aliphatic heterocycles. The van der Waals surface area contributed by atoms with Gasteiger partial charge in [-0.3, -0.25) is 0 Å². The van der Waals surface area contributed by atoms with Gasteiger partial charge in [0.25, 0.3) is 0 Å². The third-order valence-corrected chi connectivity index (χ3v) is 5.10. The molecule has 1 aliphatic rings. The van der Waals surface area contributed by atoms with E-state index in [9.17, 15) is 0 Å². The van der Waals surface area contributed by atoms with Gasteiger partial charge in [-0.2, -0.15) is 0 Å². The lowest BCUT2D eigenvalue weighted by molar-refractivity contribution is 0.295. The van der Waals surface area contributed by atoms with Crippen molar-refractivity contribution >= 4 is 17.4 Å². The van der Waals surface area contributed by atoms with E-state index in [1.807, 2.05) is 0 Å². The Labute approximate surface area is 128 Å². The lowest BCUT2D eigenvalue weighted by atomic mass is 9.93. The largest absolute Gasteiger partial charge is 0.365 e. The minimum absolute atomic E-state index is 0.588. The maximum atomic E-state index is 3.73. The second kappa shape index (κ2) is 6.86. The van der Waals surface area contributed by atoms with Crippen LogP contribution in [0.5, 0.6) is 0 Å². The molecule has 0 amide bonds. The fourth-order valence-corrected chi connectivity index (χ4v) is 3.32. The summed E-state index contributed by atoms with van der Waals surface area (Å²) in [5.41, 5.74) is 1.37. The number of anilines is 1. The quantitative estimate of drug-likeness (QED) is 0.848. The molecule has 2 nitrogen and oxygen atoms in total. The Bertz CT molecular complexity index is 414. The summed E-state index contributed by atoms with van der Waals surface area (Å²) in [6.07, 6.45) is 2.13. The van der Waals surface area contributed by atoms with Crippen molar-refractivity contribution in [2.45, 2.75) is 44.7 Å². The number of thioether (sulfide) groups is 1. The Hall–Kier alpha value is -0.670. The van der Waals surface area contributed by atoms with E-state index in [1.165, 1.54) is 10.6 Å². The Balaban J connectivity index is 2.21. The van der Waals surface area contributed by atoms with E-state index < -0.39 is 0 Å². The summed E-state index contributed by atoms with van der Waals surface area (Å²) in [7, 11) is 0. The van der Waals surface area contributed by atoms with Crippen LogP contribution in [0.15, 0.2) is 29.2 Å². The van der Waals surface area contributed by atoms with Gasteiger partial charge in [-0.25, -0.2) is 0 Å². The van der Waals surface area contributed by atoms with Gasteiger partial charge < -0.3 is 10.2 Å². The van der Waals surface area contributed by atoms with Crippen molar-refractivity contribution in [1.82, 2.24) is 5.32 Å². The Morgan fingerprint density at radius 1 is 1.10 bits per heavy atom. The van der Waals surface area contributed by atoms with E-state index in [0.717, 1.165) is 13.1 Å². The maximum absolute atomic E-state index is 3.73. The second-order valence-electron chi connectivity index (χ2n) is 6.42. The molecule has 0 aliphatic carbocycles. The first kappa shape index (κ1) is 15.7. The van der Waals surface area contributed by atoms with Gasteiger partial charge in [0.2, 0.25) is 0 Å². The lowest BCUT2D eigenvalue weighted by Gasteiger charge is -2.45. The maximum Gasteiger partial charge on any atom is 0.0438 e. The molecule has 1 N–H and O–H groups in total. The Kier molecular flexibility index (Phi) is 5.39. The summed E-state index contributed by atoms with van der Waals surface area (Å²) in [4.78, 5) is 3.95.